The Kier molecular flexibility index (Phi) is 5.95. The number of hydrogen-bond acceptors (Lipinski definition) is 2. The van der Waals surface area contributed by atoms with Crippen LogP contribution in [0.3, 0.4) is 0 Å². The predicted molar refractivity (Wildman–Crippen MR) is 62.2 cm³/mol. The van der Waals surface area contributed by atoms with E-state index in [9.17, 15) is 13.2 Å². The van der Waals surface area contributed by atoms with E-state index >= 15 is 0 Å². The molecule has 0 aliphatic carbocycles. The standard InChI is InChI=1S/C11H14F3NO.ClH/c1-7-2-3-10(11(12,13)14)8(4-7)5-9(15)6-16;/h2-4,9,16H,5-6,15H2,1H3;1H. The highest BCUT2D eigenvalue weighted by atomic mass is 35.5. The number of halogens is 4. The van der Waals surface area contributed by atoms with Crippen molar-refractivity contribution in [2.75, 3.05) is 6.61 Å². The van der Waals surface area contributed by atoms with Crippen LogP contribution in [0.25, 0.3) is 0 Å². The molecular formula is C11H15ClF3NO. The van der Waals surface area contributed by atoms with E-state index in [1.54, 1.807) is 6.92 Å². The highest BCUT2D eigenvalue weighted by Gasteiger charge is 2.33. The Morgan fingerprint density at radius 3 is 2.41 bits per heavy atom. The first kappa shape index (κ1) is 16.2. The Hall–Kier alpha value is -0.780. The van der Waals surface area contributed by atoms with Crippen molar-refractivity contribution >= 4 is 12.4 Å². The monoisotopic (exact) mass is 269 g/mol. The topological polar surface area (TPSA) is 46.2 Å². The summed E-state index contributed by atoms with van der Waals surface area (Å²) >= 11 is 0. The van der Waals surface area contributed by atoms with Crippen LogP contribution in [0.2, 0.25) is 0 Å². The second kappa shape index (κ2) is 6.23. The lowest BCUT2D eigenvalue weighted by molar-refractivity contribution is -0.138. The van der Waals surface area contributed by atoms with Crippen molar-refractivity contribution < 1.29 is 18.3 Å². The third-order valence-electron chi connectivity index (χ3n) is 2.28. The molecule has 98 valence electrons. The Labute approximate surface area is 104 Å². The molecule has 17 heavy (non-hydrogen) atoms. The molecule has 3 N–H and O–H groups in total. The van der Waals surface area contributed by atoms with E-state index in [4.69, 9.17) is 10.8 Å². The second-order valence-corrected chi connectivity index (χ2v) is 3.81. The quantitative estimate of drug-likeness (QED) is 0.884. The van der Waals surface area contributed by atoms with Crippen LogP contribution in [0.5, 0.6) is 0 Å². The molecule has 0 aromatic heterocycles. The first-order valence-electron chi connectivity index (χ1n) is 4.87. The lowest BCUT2D eigenvalue weighted by atomic mass is 9.98. The molecule has 1 unspecified atom stereocenters. The lowest BCUT2D eigenvalue weighted by Gasteiger charge is -2.15. The third kappa shape index (κ3) is 4.53. The maximum Gasteiger partial charge on any atom is 0.416 e. The van der Waals surface area contributed by atoms with Crippen molar-refractivity contribution in [1.82, 2.24) is 0 Å². The summed E-state index contributed by atoms with van der Waals surface area (Å²) in [6, 6.07) is 3.26. The van der Waals surface area contributed by atoms with E-state index in [0.717, 1.165) is 11.6 Å². The number of alkyl halides is 3. The summed E-state index contributed by atoms with van der Waals surface area (Å²) in [7, 11) is 0. The van der Waals surface area contributed by atoms with E-state index < -0.39 is 17.8 Å². The summed E-state index contributed by atoms with van der Waals surface area (Å²) in [6.07, 6.45) is -4.36. The molecule has 0 spiro atoms. The SMILES string of the molecule is Cc1ccc(C(F)(F)F)c(CC(N)CO)c1.Cl. The third-order valence-corrected chi connectivity index (χ3v) is 2.28. The van der Waals surface area contributed by atoms with Crippen molar-refractivity contribution in [3.63, 3.8) is 0 Å². The van der Waals surface area contributed by atoms with Gasteiger partial charge in [0.15, 0.2) is 0 Å². The summed E-state index contributed by atoms with van der Waals surface area (Å²) < 4.78 is 37.9. The summed E-state index contributed by atoms with van der Waals surface area (Å²) in [5, 5.41) is 8.75. The molecule has 0 radical (unpaired) electrons. The lowest BCUT2D eigenvalue weighted by Crippen LogP contribution is -2.28. The van der Waals surface area contributed by atoms with Crippen LogP contribution < -0.4 is 5.73 Å². The van der Waals surface area contributed by atoms with E-state index in [1.165, 1.54) is 12.1 Å². The van der Waals surface area contributed by atoms with Gasteiger partial charge < -0.3 is 10.8 Å². The van der Waals surface area contributed by atoms with Crippen LogP contribution >= 0.6 is 12.4 Å². The van der Waals surface area contributed by atoms with Gasteiger partial charge >= 0.3 is 6.18 Å². The van der Waals surface area contributed by atoms with Gasteiger partial charge in [-0.25, -0.2) is 0 Å². The molecule has 0 aliphatic rings. The number of rotatable bonds is 3. The minimum absolute atomic E-state index is 0. The highest BCUT2D eigenvalue weighted by molar-refractivity contribution is 5.85. The molecule has 0 amide bonds. The first-order chi connectivity index (χ1) is 7.34. The van der Waals surface area contributed by atoms with Gasteiger partial charge in [0.2, 0.25) is 0 Å². The molecule has 1 aromatic carbocycles. The number of aliphatic hydroxyl groups excluding tert-OH is 1. The average molecular weight is 270 g/mol. The summed E-state index contributed by atoms with van der Waals surface area (Å²) in [4.78, 5) is 0. The van der Waals surface area contributed by atoms with E-state index in [1.807, 2.05) is 0 Å². The summed E-state index contributed by atoms with van der Waals surface area (Å²) in [6.45, 7) is 1.39. The van der Waals surface area contributed by atoms with Crippen molar-refractivity contribution in [2.24, 2.45) is 5.73 Å². The van der Waals surface area contributed by atoms with Crippen LogP contribution in [0, 0.1) is 6.92 Å². The van der Waals surface area contributed by atoms with Crippen LogP contribution in [0.1, 0.15) is 16.7 Å². The predicted octanol–water partition coefficient (Wildman–Crippen LogP) is 2.30. The van der Waals surface area contributed by atoms with Gasteiger partial charge in [-0.15, -0.1) is 12.4 Å². The zero-order valence-corrected chi connectivity index (χ0v) is 10.1. The largest absolute Gasteiger partial charge is 0.416 e. The maximum absolute atomic E-state index is 12.6. The van der Waals surface area contributed by atoms with Crippen LogP contribution in [-0.4, -0.2) is 17.8 Å². The Morgan fingerprint density at radius 2 is 1.94 bits per heavy atom. The molecule has 0 saturated heterocycles. The molecule has 6 heteroatoms. The molecule has 1 rings (SSSR count). The Bertz CT molecular complexity index is 368. The molecule has 0 aliphatic heterocycles. The van der Waals surface area contributed by atoms with E-state index in [0.29, 0.717) is 0 Å². The number of benzene rings is 1. The average Bonchev–Trinajstić information content (AvgIpc) is 2.15. The van der Waals surface area contributed by atoms with Crippen molar-refractivity contribution in [3.05, 3.63) is 34.9 Å². The molecule has 2 nitrogen and oxygen atoms in total. The van der Waals surface area contributed by atoms with Gasteiger partial charge in [0.1, 0.15) is 0 Å². The van der Waals surface area contributed by atoms with Crippen molar-refractivity contribution in [3.8, 4) is 0 Å². The van der Waals surface area contributed by atoms with Gasteiger partial charge in [0.25, 0.3) is 0 Å². The normalized spacial score (nSPS) is 13.1. The zero-order valence-electron chi connectivity index (χ0n) is 9.29. The fourth-order valence-corrected chi connectivity index (χ4v) is 1.51. The van der Waals surface area contributed by atoms with Crippen LogP contribution in [0.15, 0.2) is 18.2 Å². The summed E-state index contributed by atoms with van der Waals surface area (Å²) in [5.74, 6) is 0. The molecule has 1 atom stereocenters. The Morgan fingerprint density at radius 1 is 1.35 bits per heavy atom. The van der Waals surface area contributed by atoms with Gasteiger partial charge in [-0.2, -0.15) is 13.2 Å². The summed E-state index contributed by atoms with van der Waals surface area (Å²) in [5.41, 5.74) is 5.65. The zero-order chi connectivity index (χ0) is 12.3. The van der Waals surface area contributed by atoms with Gasteiger partial charge in [-0.3, -0.25) is 0 Å². The number of aryl methyl sites for hydroxylation is 1. The second-order valence-electron chi connectivity index (χ2n) is 3.81. The van der Waals surface area contributed by atoms with Gasteiger partial charge in [-0.05, 0) is 25.0 Å². The molecule has 0 bridgehead atoms. The van der Waals surface area contributed by atoms with Crippen molar-refractivity contribution in [2.45, 2.75) is 25.6 Å². The minimum atomic E-state index is -4.38. The van der Waals surface area contributed by atoms with Gasteiger partial charge in [0.05, 0.1) is 12.2 Å². The molecule has 1 aromatic rings. The smallest absolute Gasteiger partial charge is 0.395 e. The van der Waals surface area contributed by atoms with Crippen LogP contribution in [-0.2, 0) is 12.6 Å². The maximum atomic E-state index is 12.6. The van der Waals surface area contributed by atoms with Crippen LogP contribution in [0.4, 0.5) is 13.2 Å². The van der Waals surface area contributed by atoms with Crippen molar-refractivity contribution in [1.29, 1.82) is 0 Å². The number of hydrogen-bond donors (Lipinski definition) is 2. The van der Waals surface area contributed by atoms with E-state index in [-0.39, 0.29) is 31.0 Å². The molecular weight excluding hydrogens is 255 g/mol. The fraction of sp³-hybridized carbons (Fsp3) is 0.455. The van der Waals surface area contributed by atoms with Gasteiger partial charge in [0, 0.05) is 6.04 Å². The fourth-order valence-electron chi connectivity index (χ4n) is 1.51. The Balaban J connectivity index is 0.00000256. The highest BCUT2D eigenvalue weighted by Crippen LogP contribution is 2.32. The first-order valence-corrected chi connectivity index (χ1v) is 4.87. The van der Waals surface area contributed by atoms with E-state index in [2.05, 4.69) is 0 Å². The minimum Gasteiger partial charge on any atom is -0.395 e. The van der Waals surface area contributed by atoms with Gasteiger partial charge in [-0.1, -0.05) is 17.7 Å². The molecule has 0 heterocycles. The number of aliphatic hydroxyl groups is 1. The molecule has 0 saturated carbocycles. The molecule has 0 fully saturated rings. The number of nitrogens with two attached hydrogens (primary N) is 1.